The summed E-state index contributed by atoms with van der Waals surface area (Å²) in [6, 6.07) is 0. The summed E-state index contributed by atoms with van der Waals surface area (Å²) in [5.74, 6) is -0.225. The van der Waals surface area contributed by atoms with Crippen LogP contribution >= 0.6 is 0 Å². The molecule has 2 N–H and O–H groups in total. The molecule has 0 aliphatic heterocycles. The van der Waals surface area contributed by atoms with Gasteiger partial charge in [0, 0.05) is 5.56 Å². The molecule has 14 heavy (non-hydrogen) atoms. The molecule has 0 saturated heterocycles. The van der Waals surface area contributed by atoms with E-state index < -0.39 is 0 Å². The topological polar surface area (TPSA) is 43.1 Å². The number of benzene rings is 1. The molecule has 0 aromatic heterocycles. The summed E-state index contributed by atoms with van der Waals surface area (Å²) in [7, 11) is 0. The minimum absolute atomic E-state index is 0.225. The lowest BCUT2D eigenvalue weighted by Crippen LogP contribution is -2.14. The first-order valence-corrected chi connectivity index (χ1v) is 5.16. The van der Waals surface area contributed by atoms with Gasteiger partial charge < -0.3 is 5.73 Å². The number of primary amides is 1. The van der Waals surface area contributed by atoms with Crippen LogP contribution in [-0.4, -0.2) is 5.91 Å². The highest BCUT2D eigenvalue weighted by Crippen LogP contribution is 2.40. The van der Waals surface area contributed by atoms with Gasteiger partial charge in [-0.3, -0.25) is 4.79 Å². The lowest BCUT2D eigenvalue weighted by Gasteiger charge is -2.07. The highest BCUT2D eigenvalue weighted by molar-refractivity contribution is 5.98. The van der Waals surface area contributed by atoms with Crippen molar-refractivity contribution in [2.24, 2.45) is 5.73 Å². The third-order valence-corrected chi connectivity index (χ3v) is 3.73. The fourth-order valence-electron chi connectivity index (χ4n) is 3.14. The fraction of sp³-hybridized carbons (Fsp3) is 0.417. The Kier molecular flexibility index (Phi) is 1.37. The van der Waals surface area contributed by atoms with Crippen molar-refractivity contribution in [1.82, 2.24) is 0 Å². The van der Waals surface area contributed by atoms with Crippen molar-refractivity contribution in [1.29, 1.82) is 0 Å². The molecule has 2 nitrogen and oxygen atoms in total. The van der Waals surface area contributed by atoms with Crippen molar-refractivity contribution >= 4 is 5.91 Å². The van der Waals surface area contributed by atoms with Gasteiger partial charge >= 0.3 is 0 Å². The molecule has 2 aliphatic rings. The Morgan fingerprint density at radius 2 is 1.43 bits per heavy atom. The van der Waals surface area contributed by atoms with Crippen LogP contribution in [0, 0.1) is 6.92 Å². The molecule has 1 aromatic carbocycles. The molecule has 4 bridgehead atoms. The average Bonchev–Trinajstić information content (AvgIpc) is 2.56. The Hall–Kier alpha value is -1.31. The van der Waals surface area contributed by atoms with Crippen LogP contribution in [0.4, 0.5) is 0 Å². The highest BCUT2D eigenvalue weighted by atomic mass is 16.1. The van der Waals surface area contributed by atoms with E-state index in [0.29, 0.717) is 0 Å². The summed E-state index contributed by atoms with van der Waals surface area (Å²) in [6.45, 7) is 2.18. The lowest BCUT2D eigenvalue weighted by molar-refractivity contribution is 0.0999. The molecule has 1 amide bonds. The standard InChI is InChI=1S/C12H13NO/c1-6-7-2-3-8(6)10-5-4-9(7)11(10)12(13)14/h2-5H2,1H3,(H2,13,14). The van der Waals surface area contributed by atoms with Gasteiger partial charge in [0.1, 0.15) is 0 Å². The molecule has 3 rings (SSSR count). The second kappa shape index (κ2) is 2.38. The average molecular weight is 187 g/mol. The molecule has 2 aliphatic carbocycles. The molecule has 0 fully saturated rings. The molecule has 0 radical (unpaired) electrons. The summed E-state index contributed by atoms with van der Waals surface area (Å²) >= 11 is 0. The zero-order chi connectivity index (χ0) is 9.87. The van der Waals surface area contributed by atoms with E-state index >= 15 is 0 Å². The lowest BCUT2D eigenvalue weighted by atomic mass is 9.98. The third kappa shape index (κ3) is 0.746. The normalized spacial score (nSPS) is 16.4. The second-order valence-corrected chi connectivity index (χ2v) is 4.28. The summed E-state index contributed by atoms with van der Waals surface area (Å²) < 4.78 is 0. The van der Waals surface area contributed by atoms with Gasteiger partial charge in [0.2, 0.25) is 5.91 Å². The number of fused-ring (bicyclic) bond motifs is 6. The van der Waals surface area contributed by atoms with E-state index in [4.69, 9.17) is 5.73 Å². The van der Waals surface area contributed by atoms with Crippen molar-refractivity contribution in [3.05, 3.63) is 33.4 Å². The molecule has 0 spiro atoms. The number of amides is 1. The van der Waals surface area contributed by atoms with Crippen LogP contribution in [-0.2, 0) is 25.7 Å². The summed E-state index contributed by atoms with van der Waals surface area (Å²) in [6.07, 6.45) is 4.31. The summed E-state index contributed by atoms with van der Waals surface area (Å²) in [5, 5.41) is 0. The Morgan fingerprint density at radius 3 is 1.86 bits per heavy atom. The van der Waals surface area contributed by atoms with Gasteiger partial charge in [-0.05, 0) is 60.4 Å². The van der Waals surface area contributed by atoms with E-state index in [1.54, 1.807) is 0 Å². The number of carbonyl (C=O) groups excluding carboxylic acids is 1. The van der Waals surface area contributed by atoms with Crippen LogP contribution in [0.3, 0.4) is 0 Å². The first-order chi connectivity index (χ1) is 6.70. The van der Waals surface area contributed by atoms with Crippen molar-refractivity contribution in [2.75, 3.05) is 0 Å². The molecule has 0 unspecified atom stereocenters. The first-order valence-electron chi connectivity index (χ1n) is 5.16. The molecule has 2 heteroatoms. The maximum atomic E-state index is 11.3. The van der Waals surface area contributed by atoms with Gasteiger partial charge in [-0.2, -0.15) is 0 Å². The molecule has 0 saturated carbocycles. The quantitative estimate of drug-likeness (QED) is 0.707. The molecular weight excluding hydrogens is 174 g/mol. The Bertz CT molecular complexity index is 427. The van der Waals surface area contributed by atoms with Gasteiger partial charge in [-0.15, -0.1) is 0 Å². The summed E-state index contributed by atoms with van der Waals surface area (Å²) in [5.41, 5.74) is 13.1. The highest BCUT2D eigenvalue weighted by Gasteiger charge is 2.31. The van der Waals surface area contributed by atoms with Crippen molar-refractivity contribution in [2.45, 2.75) is 32.6 Å². The van der Waals surface area contributed by atoms with Crippen LogP contribution in [0.5, 0.6) is 0 Å². The number of hydrogen-bond donors (Lipinski definition) is 1. The molecule has 0 heterocycles. The molecular formula is C12H13NO. The smallest absolute Gasteiger partial charge is 0.249 e. The minimum atomic E-state index is -0.225. The van der Waals surface area contributed by atoms with E-state index in [0.717, 1.165) is 31.2 Å². The summed E-state index contributed by atoms with van der Waals surface area (Å²) in [4.78, 5) is 11.3. The SMILES string of the molecule is Cc1c2c3c(C(N)=O)c(c1CC2)CC3. The second-order valence-electron chi connectivity index (χ2n) is 4.28. The Labute approximate surface area is 83.1 Å². The number of nitrogens with two attached hydrogens (primary N) is 1. The van der Waals surface area contributed by atoms with E-state index in [1.807, 2.05) is 0 Å². The van der Waals surface area contributed by atoms with Gasteiger partial charge in [0.05, 0.1) is 0 Å². The molecule has 1 aromatic rings. The first kappa shape index (κ1) is 8.04. The maximum Gasteiger partial charge on any atom is 0.249 e. The van der Waals surface area contributed by atoms with Crippen LogP contribution < -0.4 is 5.73 Å². The monoisotopic (exact) mass is 187 g/mol. The largest absolute Gasteiger partial charge is 0.366 e. The van der Waals surface area contributed by atoms with Crippen LogP contribution in [0.25, 0.3) is 0 Å². The van der Waals surface area contributed by atoms with Crippen LogP contribution in [0.2, 0.25) is 0 Å². The van der Waals surface area contributed by atoms with Crippen molar-refractivity contribution in [3.63, 3.8) is 0 Å². The van der Waals surface area contributed by atoms with E-state index in [-0.39, 0.29) is 5.91 Å². The zero-order valence-corrected chi connectivity index (χ0v) is 8.31. The van der Waals surface area contributed by atoms with E-state index in [9.17, 15) is 4.79 Å². The number of carbonyl (C=O) groups is 1. The Balaban J connectivity index is 2.41. The van der Waals surface area contributed by atoms with E-state index in [2.05, 4.69) is 6.92 Å². The minimum Gasteiger partial charge on any atom is -0.366 e. The predicted octanol–water partition coefficient (Wildman–Crippen LogP) is 1.29. The molecule has 72 valence electrons. The van der Waals surface area contributed by atoms with Crippen LogP contribution in [0.15, 0.2) is 0 Å². The van der Waals surface area contributed by atoms with Gasteiger partial charge in [-0.25, -0.2) is 0 Å². The van der Waals surface area contributed by atoms with Gasteiger partial charge in [0.15, 0.2) is 0 Å². The Morgan fingerprint density at radius 1 is 1.00 bits per heavy atom. The fourth-order valence-corrected chi connectivity index (χ4v) is 3.14. The number of rotatable bonds is 1. The molecule has 0 atom stereocenters. The number of hydrogen-bond acceptors (Lipinski definition) is 1. The maximum absolute atomic E-state index is 11.3. The third-order valence-electron chi connectivity index (χ3n) is 3.73. The zero-order valence-electron chi connectivity index (χ0n) is 8.31. The van der Waals surface area contributed by atoms with Gasteiger partial charge in [-0.1, -0.05) is 0 Å². The van der Waals surface area contributed by atoms with Crippen molar-refractivity contribution in [3.8, 4) is 0 Å². The van der Waals surface area contributed by atoms with Crippen LogP contribution in [0.1, 0.15) is 38.2 Å². The van der Waals surface area contributed by atoms with Crippen molar-refractivity contribution < 1.29 is 4.79 Å². The van der Waals surface area contributed by atoms with Gasteiger partial charge in [0.25, 0.3) is 0 Å². The van der Waals surface area contributed by atoms with E-state index in [1.165, 1.54) is 27.8 Å². The predicted molar refractivity (Wildman–Crippen MR) is 54.5 cm³/mol.